The van der Waals surface area contributed by atoms with Crippen LogP contribution in [0.1, 0.15) is 6.92 Å². The van der Waals surface area contributed by atoms with Crippen LogP contribution in [-0.4, -0.2) is 25.9 Å². The minimum absolute atomic E-state index is 0.448. The van der Waals surface area contributed by atoms with E-state index in [-0.39, 0.29) is 0 Å². The Morgan fingerprint density at radius 2 is 2.38 bits per heavy atom. The second-order valence-electron chi connectivity index (χ2n) is 2.36. The lowest BCUT2D eigenvalue weighted by atomic mass is 10.4. The van der Waals surface area contributed by atoms with Crippen molar-refractivity contribution in [2.75, 3.05) is 5.75 Å². The maximum Gasteiger partial charge on any atom is 0.311 e. The molecule has 0 fully saturated rings. The molecule has 0 aliphatic rings. The van der Waals surface area contributed by atoms with E-state index in [1.165, 1.54) is 11.8 Å². The number of hydrogen-bond acceptors (Lipinski definition) is 4. The number of hydrogen-bond donors (Lipinski definition) is 1. The van der Waals surface area contributed by atoms with Crippen LogP contribution in [0.25, 0.3) is 11.0 Å². The largest absolute Gasteiger partial charge is 0.311 e. The van der Waals surface area contributed by atoms with Gasteiger partial charge in [-0.1, -0.05) is 6.92 Å². The van der Waals surface area contributed by atoms with E-state index in [1.807, 2.05) is 6.92 Å². The number of thioether (sulfide) groups is 1. The molecule has 2 aromatic heterocycles. The number of nitrogens with one attached hydrogen (secondary N) is 1. The molecule has 0 unspecified atom stereocenters. The van der Waals surface area contributed by atoms with Crippen LogP contribution in [0.3, 0.4) is 0 Å². The molecule has 6 heteroatoms. The van der Waals surface area contributed by atoms with Gasteiger partial charge in [0.25, 0.3) is 0 Å². The lowest BCUT2D eigenvalue weighted by molar-refractivity contribution is 0.533. The van der Waals surface area contributed by atoms with Crippen molar-refractivity contribution in [3.8, 4) is 0 Å². The van der Waals surface area contributed by atoms with Crippen LogP contribution in [0.5, 0.6) is 0 Å². The van der Waals surface area contributed by atoms with Crippen molar-refractivity contribution < 1.29 is 4.39 Å². The van der Waals surface area contributed by atoms with E-state index in [0.717, 1.165) is 11.1 Å². The van der Waals surface area contributed by atoms with Crippen LogP contribution in [0.2, 0.25) is 0 Å². The lowest BCUT2D eigenvalue weighted by Crippen LogP contribution is -1.92. The van der Waals surface area contributed by atoms with Crippen molar-refractivity contribution in [3.63, 3.8) is 0 Å². The molecule has 0 radical (unpaired) electrons. The van der Waals surface area contributed by atoms with Crippen molar-refractivity contribution in [1.82, 2.24) is 20.2 Å². The molecular formula is C7H7FN4S. The molecule has 0 bridgehead atoms. The van der Waals surface area contributed by atoms with Gasteiger partial charge in [-0.05, 0) is 5.75 Å². The van der Waals surface area contributed by atoms with Crippen LogP contribution in [0.15, 0.2) is 11.2 Å². The smallest absolute Gasteiger partial charge is 0.261 e. The molecule has 13 heavy (non-hydrogen) atoms. The summed E-state index contributed by atoms with van der Waals surface area (Å²) in [5.74, 6) is 0.844. The number of H-pyrrole nitrogens is 1. The van der Waals surface area contributed by atoms with E-state index >= 15 is 0 Å². The summed E-state index contributed by atoms with van der Waals surface area (Å²) in [5.41, 5.74) is 0.448. The highest BCUT2D eigenvalue weighted by Crippen LogP contribution is 2.22. The Labute approximate surface area is 78.0 Å². The van der Waals surface area contributed by atoms with Gasteiger partial charge in [-0.15, -0.1) is 11.8 Å². The van der Waals surface area contributed by atoms with Gasteiger partial charge in [-0.25, -0.2) is 0 Å². The Morgan fingerprint density at radius 1 is 1.54 bits per heavy atom. The normalized spacial score (nSPS) is 10.9. The van der Waals surface area contributed by atoms with Gasteiger partial charge >= 0.3 is 6.08 Å². The van der Waals surface area contributed by atoms with E-state index in [0.29, 0.717) is 10.7 Å². The topological polar surface area (TPSA) is 54.5 Å². The molecule has 0 saturated heterocycles. The van der Waals surface area contributed by atoms with Crippen LogP contribution in [-0.2, 0) is 0 Å². The molecule has 1 N–H and O–H groups in total. The maximum absolute atomic E-state index is 12.8. The first-order valence-corrected chi connectivity index (χ1v) is 4.79. The average Bonchev–Trinajstić information content (AvgIpc) is 2.52. The van der Waals surface area contributed by atoms with E-state index < -0.39 is 6.08 Å². The van der Waals surface area contributed by atoms with Gasteiger partial charge < -0.3 is 0 Å². The zero-order valence-corrected chi connectivity index (χ0v) is 7.73. The third-order valence-corrected chi connectivity index (χ3v) is 2.40. The number of aromatic nitrogens is 4. The first-order chi connectivity index (χ1) is 6.31. The summed E-state index contributed by atoms with van der Waals surface area (Å²) < 4.78 is 12.8. The fourth-order valence-electron chi connectivity index (χ4n) is 1.03. The number of nitrogens with zero attached hydrogens (tertiary/aromatic N) is 3. The zero-order chi connectivity index (χ0) is 9.26. The van der Waals surface area contributed by atoms with Crippen molar-refractivity contribution in [2.45, 2.75) is 11.9 Å². The SMILES string of the molecule is CCSc1nc(F)nc2[nH]ncc12. The third kappa shape index (κ3) is 1.49. The predicted octanol–water partition coefficient (Wildman–Crippen LogP) is 1.60. The highest BCUT2D eigenvalue weighted by Gasteiger charge is 2.08. The van der Waals surface area contributed by atoms with Crippen LogP contribution in [0, 0.1) is 6.08 Å². The van der Waals surface area contributed by atoms with Gasteiger partial charge in [-0.3, -0.25) is 5.10 Å². The number of rotatable bonds is 2. The second kappa shape index (κ2) is 3.29. The lowest BCUT2D eigenvalue weighted by Gasteiger charge is -1.97. The molecule has 68 valence electrons. The van der Waals surface area contributed by atoms with Gasteiger partial charge in [0.1, 0.15) is 5.03 Å². The zero-order valence-electron chi connectivity index (χ0n) is 6.91. The minimum atomic E-state index is -0.715. The fourth-order valence-corrected chi connectivity index (χ4v) is 1.75. The van der Waals surface area contributed by atoms with E-state index in [9.17, 15) is 4.39 Å². The molecule has 0 atom stereocenters. The predicted molar refractivity (Wildman–Crippen MR) is 48.0 cm³/mol. The first-order valence-electron chi connectivity index (χ1n) is 3.80. The van der Waals surface area contributed by atoms with E-state index in [1.54, 1.807) is 6.20 Å². The van der Waals surface area contributed by atoms with Gasteiger partial charge in [0, 0.05) is 0 Å². The number of halogens is 1. The van der Waals surface area contributed by atoms with Gasteiger partial charge in [0.2, 0.25) is 0 Å². The summed E-state index contributed by atoms with van der Waals surface area (Å²) in [6.07, 6.45) is 0.889. The monoisotopic (exact) mass is 198 g/mol. The molecule has 0 aromatic carbocycles. The Hall–Kier alpha value is -1.17. The Kier molecular flexibility index (Phi) is 2.13. The Bertz CT molecular complexity index is 427. The molecule has 2 aromatic rings. The summed E-state index contributed by atoms with van der Waals surface area (Å²) in [6, 6.07) is 0. The molecular weight excluding hydrogens is 191 g/mol. The first kappa shape index (κ1) is 8.43. The van der Waals surface area contributed by atoms with Crippen LogP contribution >= 0.6 is 11.8 Å². The summed E-state index contributed by atoms with van der Waals surface area (Å²) in [5, 5.41) is 7.79. The highest BCUT2D eigenvalue weighted by atomic mass is 32.2. The molecule has 0 spiro atoms. The fraction of sp³-hybridized carbons (Fsp3) is 0.286. The van der Waals surface area contributed by atoms with E-state index in [4.69, 9.17) is 0 Å². The van der Waals surface area contributed by atoms with Crippen molar-refractivity contribution >= 4 is 22.8 Å². The van der Waals surface area contributed by atoms with Gasteiger partial charge in [-0.2, -0.15) is 19.5 Å². The van der Waals surface area contributed by atoms with Crippen LogP contribution in [0.4, 0.5) is 4.39 Å². The Balaban J connectivity index is 2.63. The van der Waals surface area contributed by atoms with Gasteiger partial charge in [0.15, 0.2) is 5.65 Å². The molecule has 2 rings (SSSR count). The molecule has 0 amide bonds. The highest BCUT2D eigenvalue weighted by molar-refractivity contribution is 7.99. The Morgan fingerprint density at radius 3 is 3.15 bits per heavy atom. The minimum Gasteiger partial charge on any atom is -0.261 e. The molecule has 2 heterocycles. The van der Waals surface area contributed by atoms with Crippen molar-refractivity contribution in [2.24, 2.45) is 0 Å². The van der Waals surface area contributed by atoms with Crippen LogP contribution < -0.4 is 0 Å². The second-order valence-corrected chi connectivity index (χ2v) is 3.62. The maximum atomic E-state index is 12.8. The molecule has 0 aliphatic carbocycles. The molecule has 4 nitrogen and oxygen atoms in total. The summed E-state index contributed by atoms with van der Waals surface area (Å²) in [6.45, 7) is 1.98. The van der Waals surface area contributed by atoms with Crippen molar-refractivity contribution in [1.29, 1.82) is 0 Å². The van der Waals surface area contributed by atoms with E-state index in [2.05, 4.69) is 20.2 Å². The average molecular weight is 198 g/mol. The number of aromatic amines is 1. The molecule has 0 aliphatic heterocycles. The quantitative estimate of drug-likeness (QED) is 0.452. The standard InChI is InChI=1S/C7H7FN4S/c1-2-13-6-4-3-9-12-5(4)10-7(8)11-6/h3H,2H2,1H3,(H,9,10,11,12). The molecule has 0 saturated carbocycles. The number of fused-ring (bicyclic) bond motifs is 1. The summed E-state index contributed by atoms with van der Waals surface area (Å²) >= 11 is 1.47. The van der Waals surface area contributed by atoms with Crippen molar-refractivity contribution in [3.05, 3.63) is 12.3 Å². The summed E-state index contributed by atoms with van der Waals surface area (Å²) in [4.78, 5) is 7.26. The van der Waals surface area contributed by atoms with Gasteiger partial charge in [0.05, 0.1) is 11.6 Å². The third-order valence-electron chi connectivity index (χ3n) is 1.53. The summed E-state index contributed by atoms with van der Waals surface area (Å²) in [7, 11) is 0.